The first-order valence-electron chi connectivity index (χ1n) is 6.89. The van der Waals surface area contributed by atoms with Crippen molar-refractivity contribution in [3.8, 4) is 22.5 Å². The summed E-state index contributed by atoms with van der Waals surface area (Å²) in [6, 6.07) is 10.5. The maximum atomic E-state index is 13.6. The fraction of sp³-hybridized carbons (Fsp3) is 0.111. The highest BCUT2D eigenvalue weighted by molar-refractivity contribution is 5.64. The number of rotatable bonds is 2. The molecule has 3 rings (SSSR count). The molecule has 2 nitrogen and oxygen atoms in total. The van der Waals surface area contributed by atoms with E-state index in [1.807, 2.05) is 31.2 Å². The van der Waals surface area contributed by atoms with E-state index >= 15 is 0 Å². The van der Waals surface area contributed by atoms with Gasteiger partial charge in [-0.25, -0.2) is 18.7 Å². The highest BCUT2D eigenvalue weighted by Crippen LogP contribution is 2.23. The van der Waals surface area contributed by atoms with Gasteiger partial charge in [0.1, 0.15) is 11.6 Å². The molecule has 22 heavy (non-hydrogen) atoms. The summed E-state index contributed by atoms with van der Waals surface area (Å²) in [5.74, 6) is -0.893. The Bertz CT molecular complexity index is 786. The Kier molecular flexibility index (Phi) is 3.67. The van der Waals surface area contributed by atoms with Crippen LogP contribution in [0.25, 0.3) is 22.5 Å². The molecule has 0 amide bonds. The van der Waals surface area contributed by atoms with Crippen LogP contribution in [0, 0.1) is 25.5 Å². The normalized spacial score (nSPS) is 10.7. The average Bonchev–Trinajstić information content (AvgIpc) is 2.53. The lowest BCUT2D eigenvalue weighted by atomic mass is 10.1. The fourth-order valence-corrected chi connectivity index (χ4v) is 2.15. The standard InChI is InChI=1S/C18H14F2N2/c1-11-3-5-13(6-4-11)15-9-21-18(22-10-15)14-7-16(19)12(2)17(20)8-14/h3-10H,1-2H3. The third-order valence-electron chi connectivity index (χ3n) is 3.58. The van der Waals surface area contributed by atoms with E-state index < -0.39 is 11.6 Å². The Labute approximate surface area is 127 Å². The summed E-state index contributed by atoms with van der Waals surface area (Å²) in [5.41, 5.74) is 3.36. The van der Waals surface area contributed by atoms with Crippen LogP contribution in [-0.2, 0) is 0 Å². The summed E-state index contributed by atoms with van der Waals surface area (Å²) in [6.45, 7) is 3.42. The first-order chi connectivity index (χ1) is 10.5. The molecule has 1 aromatic heterocycles. The van der Waals surface area contributed by atoms with Crippen LogP contribution in [0.5, 0.6) is 0 Å². The molecule has 2 aromatic carbocycles. The number of nitrogens with zero attached hydrogens (tertiary/aromatic N) is 2. The number of halogens is 2. The zero-order chi connectivity index (χ0) is 15.7. The summed E-state index contributed by atoms with van der Waals surface area (Å²) in [5, 5.41) is 0. The van der Waals surface area contributed by atoms with E-state index in [1.54, 1.807) is 12.4 Å². The van der Waals surface area contributed by atoms with Gasteiger partial charge in [0.05, 0.1) is 0 Å². The van der Waals surface area contributed by atoms with Gasteiger partial charge in [0, 0.05) is 29.1 Å². The molecule has 0 bridgehead atoms. The Hall–Kier alpha value is -2.62. The van der Waals surface area contributed by atoms with Gasteiger partial charge in [-0.1, -0.05) is 29.8 Å². The van der Waals surface area contributed by atoms with Gasteiger partial charge in [0.2, 0.25) is 0 Å². The quantitative estimate of drug-likeness (QED) is 0.684. The van der Waals surface area contributed by atoms with Crippen molar-refractivity contribution < 1.29 is 8.78 Å². The molecule has 0 atom stereocenters. The number of aromatic nitrogens is 2. The zero-order valence-electron chi connectivity index (χ0n) is 12.3. The van der Waals surface area contributed by atoms with E-state index in [9.17, 15) is 8.78 Å². The van der Waals surface area contributed by atoms with Crippen LogP contribution in [0.2, 0.25) is 0 Å². The molecule has 0 aliphatic carbocycles. The van der Waals surface area contributed by atoms with E-state index in [0.717, 1.165) is 11.1 Å². The molecule has 0 aliphatic rings. The van der Waals surface area contributed by atoms with Crippen LogP contribution >= 0.6 is 0 Å². The van der Waals surface area contributed by atoms with E-state index in [-0.39, 0.29) is 5.56 Å². The highest BCUT2D eigenvalue weighted by atomic mass is 19.1. The highest BCUT2D eigenvalue weighted by Gasteiger charge is 2.10. The molecule has 0 spiro atoms. The SMILES string of the molecule is Cc1ccc(-c2cnc(-c3cc(F)c(C)c(F)c3)nc2)cc1. The predicted molar refractivity (Wildman–Crippen MR) is 82.3 cm³/mol. The molecule has 0 radical (unpaired) electrons. The van der Waals surface area contributed by atoms with Crippen molar-refractivity contribution in [3.63, 3.8) is 0 Å². The number of aryl methyl sites for hydroxylation is 1. The number of hydrogen-bond donors (Lipinski definition) is 0. The van der Waals surface area contributed by atoms with Crippen LogP contribution in [0.4, 0.5) is 8.78 Å². The Morgan fingerprint density at radius 3 is 1.82 bits per heavy atom. The molecule has 110 valence electrons. The second kappa shape index (κ2) is 5.64. The Balaban J connectivity index is 1.96. The second-order valence-electron chi connectivity index (χ2n) is 5.23. The number of benzene rings is 2. The lowest BCUT2D eigenvalue weighted by Crippen LogP contribution is -1.94. The van der Waals surface area contributed by atoms with E-state index in [2.05, 4.69) is 9.97 Å². The molecular formula is C18H14F2N2. The van der Waals surface area contributed by atoms with Gasteiger partial charge in [-0.15, -0.1) is 0 Å². The van der Waals surface area contributed by atoms with Crippen molar-refractivity contribution in [1.82, 2.24) is 9.97 Å². The molecule has 0 unspecified atom stereocenters. The minimum Gasteiger partial charge on any atom is -0.236 e. The van der Waals surface area contributed by atoms with Crippen LogP contribution in [0.1, 0.15) is 11.1 Å². The largest absolute Gasteiger partial charge is 0.236 e. The van der Waals surface area contributed by atoms with Crippen LogP contribution in [0.3, 0.4) is 0 Å². The Morgan fingerprint density at radius 2 is 1.27 bits per heavy atom. The second-order valence-corrected chi connectivity index (χ2v) is 5.23. The van der Waals surface area contributed by atoms with Gasteiger partial charge in [0.25, 0.3) is 0 Å². The van der Waals surface area contributed by atoms with E-state index in [1.165, 1.54) is 24.6 Å². The molecule has 1 heterocycles. The lowest BCUT2D eigenvalue weighted by molar-refractivity contribution is 0.568. The molecule has 4 heteroatoms. The summed E-state index contributed by atoms with van der Waals surface area (Å²) >= 11 is 0. The summed E-state index contributed by atoms with van der Waals surface area (Å²) in [4.78, 5) is 8.43. The average molecular weight is 296 g/mol. The van der Waals surface area contributed by atoms with Crippen LogP contribution in [0.15, 0.2) is 48.8 Å². The minimum atomic E-state index is -0.596. The summed E-state index contributed by atoms with van der Waals surface area (Å²) in [6.07, 6.45) is 3.31. The fourth-order valence-electron chi connectivity index (χ4n) is 2.15. The smallest absolute Gasteiger partial charge is 0.159 e. The topological polar surface area (TPSA) is 25.8 Å². The van der Waals surface area contributed by atoms with Gasteiger partial charge in [-0.3, -0.25) is 0 Å². The summed E-state index contributed by atoms with van der Waals surface area (Å²) < 4.78 is 27.2. The molecule has 0 aliphatic heterocycles. The van der Waals surface area contributed by atoms with Crippen molar-refractivity contribution in [2.24, 2.45) is 0 Å². The third kappa shape index (κ3) is 2.72. The van der Waals surface area contributed by atoms with Gasteiger partial charge < -0.3 is 0 Å². The summed E-state index contributed by atoms with van der Waals surface area (Å²) in [7, 11) is 0. The first-order valence-corrected chi connectivity index (χ1v) is 6.89. The zero-order valence-corrected chi connectivity index (χ0v) is 12.3. The maximum Gasteiger partial charge on any atom is 0.159 e. The lowest BCUT2D eigenvalue weighted by Gasteiger charge is -2.06. The number of hydrogen-bond acceptors (Lipinski definition) is 2. The van der Waals surface area contributed by atoms with E-state index in [0.29, 0.717) is 11.4 Å². The molecule has 0 N–H and O–H groups in total. The molecule has 0 saturated carbocycles. The molecular weight excluding hydrogens is 282 g/mol. The van der Waals surface area contributed by atoms with Crippen LogP contribution in [-0.4, -0.2) is 9.97 Å². The van der Waals surface area contributed by atoms with Gasteiger partial charge in [-0.05, 0) is 31.5 Å². The van der Waals surface area contributed by atoms with Crippen molar-refractivity contribution in [2.75, 3.05) is 0 Å². The first kappa shape index (κ1) is 14.3. The maximum absolute atomic E-state index is 13.6. The van der Waals surface area contributed by atoms with Gasteiger partial charge in [-0.2, -0.15) is 0 Å². The molecule has 3 aromatic rings. The predicted octanol–water partition coefficient (Wildman–Crippen LogP) is 4.71. The van der Waals surface area contributed by atoms with Crippen molar-refractivity contribution >= 4 is 0 Å². The minimum absolute atomic E-state index is 0.0000236. The molecule has 0 fully saturated rings. The van der Waals surface area contributed by atoms with E-state index in [4.69, 9.17) is 0 Å². The van der Waals surface area contributed by atoms with Crippen molar-refractivity contribution in [3.05, 3.63) is 71.6 Å². The van der Waals surface area contributed by atoms with Crippen molar-refractivity contribution in [1.29, 1.82) is 0 Å². The Morgan fingerprint density at radius 1 is 0.727 bits per heavy atom. The van der Waals surface area contributed by atoms with Gasteiger partial charge in [0.15, 0.2) is 5.82 Å². The third-order valence-corrected chi connectivity index (χ3v) is 3.58. The van der Waals surface area contributed by atoms with Gasteiger partial charge >= 0.3 is 0 Å². The molecule has 0 saturated heterocycles. The van der Waals surface area contributed by atoms with Crippen molar-refractivity contribution in [2.45, 2.75) is 13.8 Å². The monoisotopic (exact) mass is 296 g/mol. The van der Waals surface area contributed by atoms with Crippen LogP contribution < -0.4 is 0 Å².